The second-order valence-electron chi connectivity index (χ2n) is 6.96. The zero-order chi connectivity index (χ0) is 20.5. The van der Waals surface area contributed by atoms with Gasteiger partial charge in [0.25, 0.3) is 5.91 Å². The molecule has 4 aromatic rings. The third-order valence-corrected chi connectivity index (χ3v) is 4.95. The van der Waals surface area contributed by atoms with Gasteiger partial charge in [0.2, 0.25) is 0 Å². The lowest BCUT2D eigenvalue weighted by Gasteiger charge is -2.18. The van der Waals surface area contributed by atoms with Crippen molar-refractivity contribution in [3.8, 4) is 11.1 Å². The number of hydrogen-bond donors (Lipinski definition) is 1. The maximum absolute atomic E-state index is 13.4. The van der Waals surface area contributed by atoms with Crippen molar-refractivity contribution >= 4 is 22.6 Å². The molecule has 3 aromatic carbocycles. The predicted octanol–water partition coefficient (Wildman–Crippen LogP) is 4.91. The third kappa shape index (κ3) is 3.43. The van der Waals surface area contributed by atoms with E-state index < -0.39 is 11.7 Å². The molecule has 0 saturated carbocycles. The number of rotatable bonds is 3. The van der Waals surface area contributed by atoms with Gasteiger partial charge in [-0.1, -0.05) is 42.0 Å². The van der Waals surface area contributed by atoms with E-state index in [2.05, 4.69) is 5.32 Å². The lowest BCUT2D eigenvalue weighted by atomic mass is 10.0. The minimum Gasteiger partial charge on any atom is -0.330 e. The standard InChI is InChI=1S/C24H19FN2O2/c1-15-6-5-7-17(14-15)21-22(28)19-8-3-4-9-20(19)27(2)23(21)26-24(29)16-10-12-18(25)13-11-16/h3-14H,1-2H3,(H,26,29). The quantitative estimate of drug-likeness (QED) is 0.544. The van der Waals surface area contributed by atoms with Crippen molar-refractivity contribution in [2.45, 2.75) is 6.92 Å². The highest BCUT2D eigenvalue weighted by molar-refractivity contribution is 6.06. The Morgan fingerprint density at radius 2 is 1.69 bits per heavy atom. The molecule has 1 N–H and O–H groups in total. The molecule has 0 bridgehead atoms. The van der Waals surface area contributed by atoms with E-state index in [1.54, 1.807) is 17.7 Å². The van der Waals surface area contributed by atoms with Crippen molar-refractivity contribution in [2.75, 3.05) is 5.32 Å². The monoisotopic (exact) mass is 386 g/mol. The maximum Gasteiger partial charge on any atom is 0.256 e. The molecule has 0 aliphatic rings. The molecular formula is C24H19FN2O2. The molecule has 1 aromatic heterocycles. The van der Waals surface area contributed by atoms with Crippen LogP contribution in [0.2, 0.25) is 0 Å². The summed E-state index contributed by atoms with van der Waals surface area (Å²) < 4.78 is 15.0. The van der Waals surface area contributed by atoms with Crippen LogP contribution >= 0.6 is 0 Å². The van der Waals surface area contributed by atoms with E-state index in [-0.39, 0.29) is 5.43 Å². The highest BCUT2D eigenvalue weighted by Gasteiger charge is 2.19. The summed E-state index contributed by atoms with van der Waals surface area (Å²) >= 11 is 0. The summed E-state index contributed by atoms with van der Waals surface area (Å²) in [6.07, 6.45) is 0. The molecular weight excluding hydrogens is 367 g/mol. The Morgan fingerprint density at radius 3 is 2.41 bits per heavy atom. The smallest absolute Gasteiger partial charge is 0.256 e. The van der Waals surface area contributed by atoms with Gasteiger partial charge in [-0.25, -0.2) is 4.39 Å². The van der Waals surface area contributed by atoms with Crippen LogP contribution in [0, 0.1) is 12.7 Å². The summed E-state index contributed by atoms with van der Waals surface area (Å²) in [6.45, 7) is 1.95. The Bertz CT molecular complexity index is 1290. The minimum atomic E-state index is -0.417. The number of halogens is 1. The Balaban J connectivity index is 1.95. The van der Waals surface area contributed by atoms with Gasteiger partial charge in [-0.05, 0) is 48.9 Å². The molecule has 0 atom stereocenters. The summed E-state index contributed by atoms with van der Waals surface area (Å²) in [7, 11) is 1.81. The van der Waals surface area contributed by atoms with Gasteiger partial charge in [0.1, 0.15) is 11.6 Å². The second-order valence-corrected chi connectivity index (χ2v) is 6.96. The number of carbonyl (C=O) groups excluding carboxylic acids is 1. The molecule has 0 aliphatic heterocycles. The highest BCUT2D eigenvalue weighted by Crippen LogP contribution is 2.29. The van der Waals surface area contributed by atoms with Crippen molar-refractivity contribution < 1.29 is 9.18 Å². The topological polar surface area (TPSA) is 51.1 Å². The Labute approximate surface area is 167 Å². The normalized spacial score (nSPS) is 10.9. The first-order chi connectivity index (χ1) is 14.0. The molecule has 144 valence electrons. The van der Waals surface area contributed by atoms with Crippen molar-refractivity contribution in [2.24, 2.45) is 7.05 Å². The van der Waals surface area contributed by atoms with Crippen LogP contribution in [-0.2, 0) is 7.05 Å². The number of amides is 1. The van der Waals surface area contributed by atoms with E-state index in [1.807, 2.05) is 49.4 Å². The predicted molar refractivity (Wildman–Crippen MR) is 114 cm³/mol. The van der Waals surface area contributed by atoms with E-state index >= 15 is 0 Å². The van der Waals surface area contributed by atoms with Gasteiger partial charge in [-0.15, -0.1) is 0 Å². The molecule has 4 nitrogen and oxygen atoms in total. The Hall–Kier alpha value is -3.73. The van der Waals surface area contributed by atoms with E-state index in [0.29, 0.717) is 27.8 Å². The summed E-state index contributed by atoms with van der Waals surface area (Å²) in [5, 5.41) is 3.44. The van der Waals surface area contributed by atoms with Gasteiger partial charge in [0.05, 0.1) is 11.1 Å². The number of benzene rings is 3. The maximum atomic E-state index is 13.4. The van der Waals surface area contributed by atoms with Crippen LogP contribution in [0.25, 0.3) is 22.0 Å². The molecule has 0 fully saturated rings. The molecule has 0 saturated heterocycles. The molecule has 0 spiro atoms. The van der Waals surface area contributed by atoms with Gasteiger partial charge in [0.15, 0.2) is 5.43 Å². The Kier molecular flexibility index (Phi) is 4.72. The molecule has 0 unspecified atom stereocenters. The molecule has 29 heavy (non-hydrogen) atoms. The molecule has 5 heteroatoms. The molecule has 4 rings (SSSR count). The summed E-state index contributed by atoms with van der Waals surface area (Å²) in [4.78, 5) is 26.2. The first-order valence-corrected chi connectivity index (χ1v) is 9.21. The number of pyridine rings is 1. The molecule has 1 heterocycles. The highest BCUT2D eigenvalue weighted by atomic mass is 19.1. The van der Waals surface area contributed by atoms with E-state index in [9.17, 15) is 14.0 Å². The van der Waals surface area contributed by atoms with Gasteiger partial charge in [-0.2, -0.15) is 0 Å². The van der Waals surface area contributed by atoms with Gasteiger partial charge in [0, 0.05) is 18.0 Å². The minimum absolute atomic E-state index is 0.154. The Morgan fingerprint density at radius 1 is 0.966 bits per heavy atom. The SMILES string of the molecule is Cc1cccc(-c2c(NC(=O)c3ccc(F)cc3)n(C)c3ccccc3c2=O)c1. The van der Waals surface area contributed by atoms with E-state index in [0.717, 1.165) is 11.1 Å². The van der Waals surface area contributed by atoms with Gasteiger partial charge < -0.3 is 9.88 Å². The summed E-state index contributed by atoms with van der Waals surface area (Å²) in [5.41, 5.74) is 3.02. The van der Waals surface area contributed by atoms with Crippen LogP contribution in [-0.4, -0.2) is 10.5 Å². The summed E-state index contributed by atoms with van der Waals surface area (Å²) in [5.74, 6) is -0.432. The van der Waals surface area contributed by atoms with Crippen molar-refractivity contribution in [1.82, 2.24) is 4.57 Å². The number of hydrogen-bond acceptors (Lipinski definition) is 2. The number of carbonyl (C=O) groups is 1. The van der Waals surface area contributed by atoms with Gasteiger partial charge >= 0.3 is 0 Å². The third-order valence-electron chi connectivity index (χ3n) is 4.95. The molecule has 1 amide bonds. The van der Waals surface area contributed by atoms with Crippen LogP contribution < -0.4 is 10.7 Å². The van der Waals surface area contributed by atoms with Crippen LogP contribution in [0.5, 0.6) is 0 Å². The fourth-order valence-corrected chi connectivity index (χ4v) is 3.48. The van der Waals surface area contributed by atoms with Crippen molar-refractivity contribution in [3.05, 3.63) is 100.0 Å². The molecule has 0 radical (unpaired) electrons. The number of aryl methyl sites for hydroxylation is 2. The number of aromatic nitrogens is 1. The van der Waals surface area contributed by atoms with Crippen LogP contribution in [0.3, 0.4) is 0 Å². The number of anilines is 1. The lowest BCUT2D eigenvalue weighted by Crippen LogP contribution is -2.21. The number of nitrogens with zero attached hydrogens (tertiary/aromatic N) is 1. The first-order valence-electron chi connectivity index (χ1n) is 9.21. The van der Waals surface area contributed by atoms with Crippen LogP contribution in [0.1, 0.15) is 15.9 Å². The zero-order valence-electron chi connectivity index (χ0n) is 16.1. The number of para-hydroxylation sites is 1. The van der Waals surface area contributed by atoms with Crippen LogP contribution in [0.4, 0.5) is 10.2 Å². The average Bonchev–Trinajstić information content (AvgIpc) is 2.72. The fourth-order valence-electron chi connectivity index (χ4n) is 3.48. The first kappa shape index (κ1) is 18.6. The van der Waals surface area contributed by atoms with Crippen molar-refractivity contribution in [1.29, 1.82) is 0 Å². The molecule has 0 aliphatic carbocycles. The number of fused-ring (bicyclic) bond motifs is 1. The van der Waals surface area contributed by atoms with Crippen molar-refractivity contribution in [3.63, 3.8) is 0 Å². The summed E-state index contributed by atoms with van der Waals surface area (Å²) in [6, 6.07) is 20.2. The zero-order valence-corrected chi connectivity index (χ0v) is 16.1. The van der Waals surface area contributed by atoms with E-state index in [4.69, 9.17) is 0 Å². The van der Waals surface area contributed by atoms with E-state index in [1.165, 1.54) is 24.3 Å². The number of nitrogens with one attached hydrogen (secondary N) is 1. The fraction of sp³-hybridized carbons (Fsp3) is 0.0833. The van der Waals surface area contributed by atoms with Gasteiger partial charge in [-0.3, -0.25) is 9.59 Å². The van der Waals surface area contributed by atoms with Crippen LogP contribution in [0.15, 0.2) is 77.6 Å². The average molecular weight is 386 g/mol. The largest absolute Gasteiger partial charge is 0.330 e. The lowest BCUT2D eigenvalue weighted by molar-refractivity contribution is 0.102. The second kappa shape index (κ2) is 7.36.